The molecule has 3 fully saturated rings. The Kier molecular flexibility index (Phi) is 2.62. The van der Waals surface area contributed by atoms with E-state index in [1.54, 1.807) is 0 Å². The van der Waals surface area contributed by atoms with Gasteiger partial charge in [-0.1, -0.05) is 30.3 Å². The summed E-state index contributed by atoms with van der Waals surface area (Å²) in [6.45, 7) is 0.594. The molecule has 108 valence electrons. The highest BCUT2D eigenvalue weighted by atomic mass is 16.6. The molecular formula is C15H13NO5. The molecule has 3 heterocycles. The first kappa shape index (κ1) is 12.5. The molecule has 0 aliphatic carbocycles. The number of benzene rings is 1. The van der Waals surface area contributed by atoms with Gasteiger partial charge in [-0.05, 0) is 5.56 Å². The Morgan fingerprint density at radius 2 is 1.76 bits per heavy atom. The molecule has 3 aliphatic rings. The molecule has 0 amide bonds. The highest BCUT2D eigenvalue weighted by Gasteiger charge is 2.61. The molecule has 0 aromatic heterocycles. The van der Waals surface area contributed by atoms with Crippen LogP contribution >= 0.6 is 0 Å². The van der Waals surface area contributed by atoms with E-state index in [-0.39, 0.29) is 12.6 Å². The van der Waals surface area contributed by atoms with Gasteiger partial charge in [0.25, 0.3) is 0 Å². The van der Waals surface area contributed by atoms with E-state index in [9.17, 15) is 14.4 Å². The Hall–Kier alpha value is -2.21. The lowest BCUT2D eigenvalue weighted by molar-refractivity contribution is -0.168. The van der Waals surface area contributed by atoms with Gasteiger partial charge in [0.1, 0.15) is 12.6 Å². The van der Waals surface area contributed by atoms with E-state index in [1.807, 2.05) is 35.2 Å². The largest absolute Gasteiger partial charge is 0.462 e. The molecule has 3 saturated heterocycles. The van der Waals surface area contributed by atoms with Crippen molar-refractivity contribution in [1.29, 1.82) is 0 Å². The summed E-state index contributed by atoms with van der Waals surface area (Å²) in [4.78, 5) is 37.5. The number of cyclic esters (lactones) is 3. The van der Waals surface area contributed by atoms with Gasteiger partial charge in [0.15, 0.2) is 0 Å². The summed E-state index contributed by atoms with van der Waals surface area (Å²) >= 11 is 0. The fraction of sp³-hybridized carbons (Fsp3) is 0.400. The van der Waals surface area contributed by atoms with Gasteiger partial charge < -0.3 is 9.47 Å². The number of carbonyl (C=O) groups excluding carboxylic acids is 3. The molecule has 21 heavy (non-hydrogen) atoms. The second kappa shape index (κ2) is 4.39. The van der Waals surface area contributed by atoms with Gasteiger partial charge >= 0.3 is 17.9 Å². The minimum absolute atomic E-state index is 0.125. The van der Waals surface area contributed by atoms with Gasteiger partial charge in [-0.2, -0.15) is 0 Å². The Morgan fingerprint density at radius 1 is 1.00 bits per heavy atom. The second-order valence-electron chi connectivity index (χ2n) is 5.57. The number of morpholine rings is 1. The Labute approximate surface area is 120 Å². The molecule has 0 spiro atoms. The Balaban J connectivity index is 1.72. The summed E-state index contributed by atoms with van der Waals surface area (Å²) in [5.74, 6) is -2.86. The van der Waals surface area contributed by atoms with Crippen molar-refractivity contribution in [2.45, 2.75) is 12.1 Å². The third-order valence-electron chi connectivity index (χ3n) is 4.52. The fourth-order valence-electron chi connectivity index (χ4n) is 3.55. The maximum absolute atomic E-state index is 12.1. The summed E-state index contributed by atoms with van der Waals surface area (Å²) in [6, 6.07) is 8.81. The summed E-state index contributed by atoms with van der Waals surface area (Å²) in [5, 5.41) is 0. The number of hydrogen-bond donors (Lipinski definition) is 0. The average molecular weight is 287 g/mol. The Bertz CT molecular complexity index is 628. The topological polar surface area (TPSA) is 72.9 Å². The van der Waals surface area contributed by atoms with Crippen LogP contribution in [0.3, 0.4) is 0 Å². The summed E-state index contributed by atoms with van der Waals surface area (Å²) in [7, 11) is 0. The van der Waals surface area contributed by atoms with Crippen LogP contribution in [-0.2, 0) is 23.9 Å². The van der Waals surface area contributed by atoms with Gasteiger partial charge in [-0.15, -0.1) is 0 Å². The number of carbonyl (C=O) groups is 3. The van der Waals surface area contributed by atoms with Crippen LogP contribution in [0, 0.1) is 11.8 Å². The van der Waals surface area contributed by atoms with Gasteiger partial charge in [-0.3, -0.25) is 19.3 Å². The molecule has 3 aliphatic heterocycles. The normalized spacial score (nSPS) is 35.1. The standard InChI is InChI=1S/C15H13NO5/c17-13-9-6-16-10(8-4-2-1-3-5-8)7-20-15(19)12(16)11(9)14(18)21-13/h1-5,9-12H,6-7H2/t9-,10-,11-,12+/m0/s1. The van der Waals surface area contributed by atoms with Crippen LogP contribution in [-0.4, -0.2) is 42.0 Å². The van der Waals surface area contributed by atoms with Gasteiger partial charge in [0, 0.05) is 6.54 Å². The van der Waals surface area contributed by atoms with E-state index in [0.717, 1.165) is 5.56 Å². The van der Waals surface area contributed by atoms with Crippen LogP contribution in [0.5, 0.6) is 0 Å². The molecule has 0 saturated carbocycles. The summed E-state index contributed by atoms with van der Waals surface area (Å²) in [5.41, 5.74) is 1.01. The monoisotopic (exact) mass is 287 g/mol. The zero-order valence-electron chi connectivity index (χ0n) is 11.1. The molecule has 0 bridgehead atoms. The van der Waals surface area contributed by atoms with E-state index in [0.29, 0.717) is 6.54 Å². The van der Waals surface area contributed by atoms with Crippen molar-refractivity contribution in [2.24, 2.45) is 11.8 Å². The van der Waals surface area contributed by atoms with Crippen molar-refractivity contribution in [3.8, 4) is 0 Å². The molecule has 0 N–H and O–H groups in total. The lowest BCUT2D eigenvalue weighted by Crippen LogP contribution is -2.50. The van der Waals surface area contributed by atoms with Gasteiger partial charge in [0.2, 0.25) is 0 Å². The molecule has 4 atom stereocenters. The third-order valence-corrected chi connectivity index (χ3v) is 4.52. The van der Waals surface area contributed by atoms with Gasteiger partial charge in [0.05, 0.1) is 17.9 Å². The van der Waals surface area contributed by atoms with Crippen LogP contribution in [0.1, 0.15) is 11.6 Å². The van der Waals surface area contributed by atoms with E-state index in [4.69, 9.17) is 4.74 Å². The quantitative estimate of drug-likeness (QED) is 0.546. The van der Waals surface area contributed by atoms with E-state index in [1.165, 1.54) is 0 Å². The number of rotatable bonds is 1. The van der Waals surface area contributed by atoms with Crippen LogP contribution < -0.4 is 0 Å². The van der Waals surface area contributed by atoms with E-state index < -0.39 is 35.8 Å². The van der Waals surface area contributed by atoms with Crippen molar-refractivity contribution in [2.75, 3.05) is 13.2 Å². The molecule has 6 nitrogen and oxygen atoms in total. The van der Waals surface area contributed by atoms with Crippen molar-refractivity contribution < 1.29 is 23.9 Å². The number of nitrogens with zero attached hydrogens (tertiary/aromatic N) is 1. The minimum Gasteiger partial charge on any atom is -0.462 e. The maximum atomic E-state index is 12.1. The third kappa shape index (κ3) is 1.72. The lowest BCUT2D eigenvalue weighted by atomic mass is 9.92. The predicted octanol–water partition coefficient (Wildman–Crippen LogP) is 0.284. The molecule has 1 aromatic carbocycles. The Morgan fingerprint density at radius 3 is 2.52 bits per heavy atom. The number of esters is 3. The van der Waals surface area contributed by atoms with E-state index in [2.05, 4.69) is 4.74 Å². The molecule has 6 heteroatoms. The van der Waals surface area contributed by atoms with Crippen LogP contribution in [0.15, 0.2) is 30.3 Å². The lowest BCUT2D eigenvalue weighted by Gasteiger charge is -2.37. The SMILES string of the molecule is O=C1OC(=O)[C@H]2CN3[C@H](c4ccccc4)COC(=O)[C@H]3[C@@H]12. The molecule has 0 radical (unpaired) electrons. The van der Waals surface area contributed by atoms with E-state index >= 15 is 0 Å². The predicted molar refractivity (Wildman–Crippen MR) is 68.7 cm³/mol. The van der Waals surface area contributed by atoms with Crippen molar-refractivity contribution in [3.05, 3.63) is 35.9 Å². The number of fused-ring (bicyclic) bond motifs is 3. The van der Waals surface area contributed by atoms with Gasteiger partial charge in [-0.25, -0.2) is 0 Å². The highest BCUT2D eigenvalue weighted by Crippen LogP contribution is 2.43. The molecular weight excluding hydrogens is 274 g/mol. The first-order valence-corrected chi connectivity index (χ1v) is 6.89. The zero-order chi connectivity index (χ0) is 14.6. The molecule has 4 rings (SSSR count). The number of hydrogen-bond acceptors (Lipinski definition) is 6. The maximum Gasteiger partial charge on any atom is 0.324 e. The minimum atomic E-state index is -0.725. The van der Waals surface area contributed by atoms with Crippen molar-refractivity contribution in [3.63, 3.8) is 0 Å². The fourth-order valence-corrected chi connectivity index (χ4v) is 3.55. The summed E-state index contributed by atoms with van der Waals surface area (Å²) < 4.78 is 9.91. The average Bonchev–Trinajstić information content (AvgIpc) is 3.00. The highest BCUT2D eigenvalue weighted by molar-refractivity contribution is 6.00. The van der Waals surface area contributed by atoms with Crippen LogP contribution in [0.4, 0.5) is 0 Å². The molecule has 1 aromatic rings. The number of ether oxygens (including phenoxy) is 2. The van der Waals surface area contributed by atoms with Crippen molar-refractivity contribution >= 4 is 17.9 Å². The summed E-state index contributed by atoms with van der Waals surface area (Å²) in [6.07, 6.45) is 0. The van der Waals surface area contributed by atoms with Crippen LogP contribution in [0.2, 0.25) is 0 Å². The molecule has 0 unspecified atom stereocenters. The first-order chi connectivity index (χ1) is 10.2. The van der Waals surface area contributed by atoms with Crippen molar-refractivity contribution in [1.82, 2.24) is 4.90 Å². The second-order valence-corrected chi connectivity index (χ2v) is 5.57. The van der Waals surface area contributed by atoms with Crippen LogP contribution in [0.25, 0.3) is 0 Å². The smallest absolute Gasteiger partial charge is 0.324 e. The first-order valence-electron chi connectivity index (χ1n) is 6.89. The zero-order valence-corrected chi connectivity index (χ0v) is 11.1.